The van der Waals surface area contributed by atoms with Gasteiger partial charge in [0, 0.05) is 12.6 Å². The summed E-state index contributed by atoms with van der Waals surface area (Å²) in [5.41, 5.74) is 2.34. The van der Waals surface area contributed by atoms with Gasteiger partial charge in [0.05, 0.1) is 7.11 Å². The Morgan fingerprint density at radius 3 is 2.45 bits per heavy atom. The third-order valence-corrected chi connectivity index (χ3v) is 3.73. The van der Waals surface area contributed by atoms with Crippen LogP contribution in [0.3, 0.4) is 0 Å². The third kappa shape index (κ3) is 4.78. The molecule has 3 nitrogen and oxygen atoms in total. The first-order valence-corrected chi connectivity index (χ1v) is 7.80. The molecular formula is C19H25NO2. The van der Waals surface area contributed by atoms with Gasteiger partial charge in [0.2, 0.25) is 0 Å². The first-order chi connectivity index (χ1) is 10.7. The van der Waals surface area contributed by atoms with Gasteiger partial charge < -0.3 is 14.8 Å². The molecule has 0 aliphatic carbocycles. The predicted octanol–water partition coefficient (Wildman–Crippen LogP) is 4.16. The smallest absolute Gasteiger partial charge is 0.161 e. The largest absolute Gasteiger partial charge is 0.493 e. The zero-order chi connectivity index (χ0) is 15.8. The maximum Gasteiger partial charge on any atom is 0.161 e. The molecule has 0 saturated carbocycles. The summed E-state index contributed by atoms with van der Waals surface area (Å²) in [6.07, 6.45) is 1.12. The average molecular weight is 299 g/mol. The van der Waals surface area contributed by atoms with Crippen molar-refractivity contribution in [2.45, 2.75) is 39.5 Å². The van der Waals surface area contributed by atoms with Gasteiger partial charge in [0.1, 0.15) is 6.61 Å². The summed E-state index contributed by atoms with van der Waals surface area (Å²) in [5, 5.41) is 3.48. The van der Waals surface area contributed by atoms with Crippen LogP contribution >= 0.6 is 0 Å². The second-order valence-electron chi connectivity index (χ2n) is 5.45. The highest BCUT2D eigenvalue weighted by Crippen LogP contribution is 2.28. The van der Waals surface area contributed by atoms with E-state index in [4.69, 9.17) is 9.47 Å². The van der Waals surface area contributed by atoms with E-state index in [0.717, 1.165) is 30.0 Å². The number of ether oxygens (including phenoxy) is 2. The molecule has 2 aromatic carbocycles. The molecule has 0 heterocycles. The van der Waals surface area contributed by atoms with Crippen molar-refractivity contribution >= 4 is 0 Å². The van der Waals surface area contributed by atoms with Crippen LogP contribution in [0, 0.1) is 0 Å². The van der Waals surface area contributed by atoms with Gasteiger partial charge in [-0.3, -0.25) is 0 Å². The Bertz CT molecular complexity index is 569. The van der Waals surface area contributed by atoms with E-state index in [1.807, 2.05) is 30.3 Å². The second kappa shape index (κ2) is 8.44. The highest BCUT2D eigenvalue weighted by molar-refractivity contribution is 5.43. The molecule has 0 unspecified atom stereocenters. The van der Waals surface area contributed by atoms with Crippen LogP contribution in [0.2, 0.25) is 0 Å². The van der Waals surface area contributed by atoms with E-state index in [1.54, 1.807) is 7.11 Å². The van der Waals surface area contributed by atoms with Gasteiger partial charge in [0.15, 0.2) is 11.5 Å². The Hall–Kier alpha value is -2.00. The van der Waals surface area contributed by atoms with Crippen LogP contribution in [0.25, 0.3) is 0 Å². The molecule has 0 bridgehead atoms. The Balaban J connectivity index is 1.99. The summed E-state index contributed by atoms with van der Waals surface area (Å²) in [5.74, 6) is 1.55. The molecule has 0 aliphatic heterocycles. The van der Waals surface area contributed by atoms with Crippen molar-refractivity contribution in [1.82, 2.24) is 5.32 Å². The van der Waals surface area contributed by atoms with Gasteiger partial charge in [-0.15, -0.1) is 0 Å². The number of methoxy groups -OCH3 is 1. The first kappa shape index (κ1) is 16.4. The quantitative estimate of drug-likeness (QED) is 0.794. The number of hydrogen-bond acceptors (Lipinski definition) is 3. The zero-order valence-electron chi connectivity index (χ0n) is 13.6. The fourth-order valence-electron chi connectivity index (χ4n) is 2.11. The molecule has 0 saturated heterocycles. The highest BCUT2D eigenvalue weighted by Gasteiger charge is 2.07. The molecule has 1 N–H and O–H groups in total. The molecular weight excluding hydrogens is 274 g/mol. The van der Waals surface area contributed by atoms with Crippen molar-refractivity contribution in [2.75, 3.05) is 7.11 Å². The predicted molar refractivity (Wildman–Crippen MR) is 90.4 cm³/mol. The third-order valence-electron chi connectivity index (χ3n) is 3.73. The Labute approximate surface area is 133 Å². The topological polar surface area (TPSA) is 30.5 Å². The van der Waals surface area contributed by atoms with Crippen molar-refractivity contribution < 1.29 is 9.47 Å². The molecule has 0 amide bonds. The minimum atomic E-state index is 0.514. The lowest BCUT2D eigenvalue weighted by molar-refractivity contribution is 0.284. The van der Waals surface area contributed by atoms with Crippen LogP contribution in [0.5, 0.6) is 11.5 Å². The van der Waals surface area contributed by atoms with Crippen molar-refractivity contribution in [3.63, 3.8) is 0 Å². The van der Waals surface area contributed by atoms with E-state index in [-0.39, 0.29) is 0 Å². The Morgan fingerprint density at radius 1 is 1.00 bits per heavy atom. The number of benzene rings is 2. The number of nitrogens with one attached hydrogen (secondary N) is 1. The normalized spacial score (nSPS) is 12.0. The highest BCUT2D eigenvalue weighted by atomic mass is 16.5. The monoisotopic (exact) mass is 299 g/mol. The van der Waals surface area contributed by atoms with Crippen LogP contribution in [0.1, 0.15) is 31.4 Å². The molecule has 0 spiro atoms. The summed E-state index contributed by atoms with van der Waals surface area (Å²) < 4.78 is 11.3. The Kier molecular flexibility index (Phi) is 6.28. The van der Waals surface area contributed by atoms with Crippen LogP contribution in [0.4, 0.5) is 0 Å². The van der Waals surface area contributed by atoms with E-state index in [1.165, 1.54) is 5.56 Å². The summed E-state index contributed by atoms with van der Waals surface area (Å²) in [6.45, 7) is 5.75. The maximum absolute atomic E-state index is 5.87. The molecule has 22 heavy (non-hydrogen) atoms. The molecule has 3 heteroatoms. The van der Waals surface area contributed by atoms with Gasteiger partial charge in [-0.05, 0) is 36.6 Å². The fourth-order valence-corrected chi connectivity index (χ4v) is 2.11. The molecule has 0 fully saturated rings. The van der Waals surface area contributed by atoms with E-state index in [0.29, 0.717) is 12.6 Å². The maximum atomic E-state index is 5.87. The molecule has 0 aliphatic rings. The van der Waals surface area contributed by atoms with Gasteiger partial charge in [-0.25, -0.2) is 0 Å². The number of rotatable bonds is 8. The van der Waals surface area contributed by atoms with Crippen LogP contribution in [-0.2, 0) is 13.2 Å². The van der Waals surface area contributed by atoms with Crippen molar-refractivity contribution in [1.29, 1.82) is 0 Å². The number of hydrogen-bond donors (Lipinski definition) is 1. The summed E-state index contributed by atoms with van der Waals surface area (Å²) in [4.78, 5) is 0. The second-order valence-corrected chi connectivity index (χ2v) is 5.45. The van der Waals surface area contributed by atoms with Crippen LogP contribution in [-0.4, -0.2) is 13.2 Å². The first-order valence-electron chi connectivity index (χ1n) is 7.80. The minimum absolute atomic E-state index is 0.514. The molecule has 0 radical (unpaired) electrons. The molecule has 118 valence electrons. The average Bonchev–Trinajstić information content (AvgIpc) is 2.58. The van der Waals surface area contributed by atoms with Gasteiger partial charge in [-0.2, -0.15) is 0 Å². The minimum Gasteiger partial charge on any atom is -0.493 e. The lowest BCUT2D eigenvalue weighted by Gasteiger charge is -2.14. The molecule has 1 atom stereocenters. The van der Waals surface area contributed by atoms with Gasteiger partial charge >= 0.3 is 0 Å². The summed E-state index contributed by atoms with van der Waals surface area (Å²) >= 11 is 0. The van der Waals surface area contributed by atoms with E-state index >= 15 is 0 Å². The van der Waals surface area contributed by atoms with Crippen molar-refractivity contribution in [2.24, 2.45) is 0 Å². The lowest BCUT2D eigenvalue weighted by atomic mass is 10.1. The molecule has 0 aromatic heterocycles. The van der Waals surface area contributed by atoms with Crippen molar-refractivity contribution in [3.8, 4) is 11.5 Å². The van der Waals surface area contributed by atoms with Gasteiger partial charge in [0.25, 0.3) is 0 Å². The summed E-state index contributed by atoms with van der Waals surface area (Å²) in [6, 6.07) is 16.7. The fraction of sp³-hybridized carbons (Fsp3) is 0.368. The van der Waals surface area contributed by atoms with E-state index in [2.05, 4.69) is 37.4 Å². The van der Waals surface area contributed by atoms with E-state index in [9.17, 15) is 0 Å². The van der Waals surface area contributed by atoms with Gasteiger partial charge in [-0.1, -0.05) is 43.3 Å². The molecule has 2 aromatic rings. The lowest BCUT2D eigenvalue weighted by Crippen LogP contribution is -2.24. The standard InChI is InChI=1S/C19H25NO2/c1-4-15(2)20-13-17-10-11-18(19(12-17)21-3)22-14-16-8-6-5-7-9-16/h5-12,15,20H,4,13-14H2,1-3H3/t15-/m1/s1. The zero-order valence-corrected chi connectivity index (χ0v) is 13.6. The van der Waals surface area contributed by atoms with Crippen LogP contribution < -0.4 is 14.8 Å². The van der Waals surface area contributed by atoms with Crippen molar-refractivity contribution in [3.05, 3.63) is 59.7 Å². The van der Waals surface area contributed by atoms with Crippen LogP contribution in [0.15, 0.2) is 48.5 Å². The van der Waals surface area contributed by atoms with E-state index < -0.39 is 0 Å². The summed E-state index contributed by atoms with van der Waals surface area (Å²) in [7, 11) is 1.68. The Morgan fingerprint density at radius 2 is 1.77 bits per heavy atom. The SMILES string of the molecule is CC[C@@H](C)NCc1ccc(OCc2ccccc2)c(OC)c1. The molecule has 2 rings (SSSR count).